The summed E-state index contributed by atoms with van der Waals surface area (Å²) in [5, 5.41) is 3.15. The number of hydrogen-bond acceptors (Lipinski definition) is 4. The molecule has 0 aliphatic carbocycles. The maximum atomic E-state index is 11.7. The summed E-state index contributed by atoms with van der Waals surface area (Å²) in [5.74, 6) is -0.525. The van der Waals surface area contributed by atoms with Crippen molar-refractivity contribution in [3.63, 3.8) is 0 Å². The minimum atomic E-state index is -3.11. The zero-order chi connectivity index (χ0) is 13.8. The maximum Gasteiger partial charge on any atom is 0.241 e. The first-order valence-corrected chi connectivity index (χ1v) is 7.71. The monoisotopic (exact) mass is 290 g/mol. The van der Waals surface area contributed by atoms with E-state index in [-0.39, 0.29) is 12.2 Å². The van der Waals surface area contributed by atoms with Crippen molar-refractivity contribution in [1.82, 2.24) is 0 Å². The van der Waals surface area contributed by atoms with Gasteiger partial charge in [0.1, 0.15) is 9.84 Å². The first-order valence-electron chi connectivity index (χ1n) is 5.27. The molecule has 0 aliphatic rings. The second kappa shape index (κ2) is 6.17. The zero-order valence-electron chi connectivity index (χ0n) is 9.89. The fraction of sp³-hybridized carbons (Fsp3) is 0.364. The van der Waals surface area contributed by atoms with E-state index >= 15 is 0 Å². The van der Waals surface area contributed by atoms with Crippen molar-refractivity contribution in [2.24, 2.45) is 5.73 Å². The molecule has 7 heteroatoms. The molecular formula is C11H15ClN2O3S. The first kappa shape index (κ1) is 14.9. The molecule has 0 radical (unpaired) electrons. The predicted octanol–water partition coefficient (Wildman–Crippen LogP) is 1.04. The third kappa shape index (κ3) is 5.48. The summed E-state index contributed by atoms with van der Waals surface area (Å²) in [6, 6.07) is 5.71. The van der Waals surface area contributed by atoms with Crippen LogP contribution in [0.1, 0.15) is 6.42 Å². The third-order valence-corrected chi connectivity index (χ3v) is 3.48. The quantitative estimate of drug-likeness (QED) is 0.848. The van der Waals surface area contributed by atoms with Crippen molar-refractivity contribution in [1.29, 1.82) is 0 Å². The van der Waals surface area contributed by atoms with Crippen LogP contribution in [0.4, 0.5) is 5.69 Å². The molecule has 5 nitrogen and oxygen atoms in total. The molecular weight excluding hydrogens is 276 g/mol. The molecule has 1 amide bonds. The molecule has 0 heterocycles. The van der Waals surface area contributed by atoms with Gasteiger partial charge in [0.2, 0.25) is 5.91 Å². The molecule has 0 saturated carbocycles. The number of carbonyl (C=O) groups excluding carboxylic acids is 1. The van der Waals surface area contributed by atoms with Crippen LogP contribution < -0.4 is 11.1 Å². The molecule has 0 aromatic heterocycles. The summed E-state index contributed by atoms with van der Waals surface area (Å²) in [6.45, 7) is 0. The Morgan fingerprint density at radius 2 is 1.94 bits per heavy atom. The summed E-state index contributed by atoms with van der Waals surface area (Å²) >= 11 is 5.71. The molecule has 1 rings (SSSR count). The van der Waals surface area contributed by atoms with Gasteiger partial charge in [0.05, 0.1) is 11.8 Å². The number of hydrogen-bond donors (Lipinski definition) is 2. The number of anilines is 1. The van der Waals surface area contributed by atoms with E-state index < -0.39 is 21.8 Å². The zero-order valence-corrected chi connectivity index (χ0v) is 11.5. The predicted molar refractivity (Wildman–Crippen MR) is 72.4 cm³/mol. The van der Waals surface area contributed by atoms with Gasteiger partial charge in [-0.05, 0) is 30.7 Å². The lowest BCUT2D eigenvalue weighted by atomic mass is 10.2. The maximum absolute atomic E-state index is 11.7. The minimum absolute atomic E-state index is 0.0955. The van der Waals surface area contributed by atoms with E-state index in [4.69, 9.17) is 17.3 Å². The van der Waals surface area contributed by atoms with E-state index in [2.05, 4.69) is 5.32 Å². The summed E-state index contributed by atoms with van der Waals surface area (Å²) < 4.78 is 21.9. The number of sulfone groups is 1. The highest BCUT2D eigenvalue weighted by Crippen LogP contribution is 2.13. The second-order valence-corrected chi connectivity index (χ2v) is 6.72. The molecule has 1 aromatic carbocycles. The van der Waals surface area contributed by atoms with Crippen LogP contribution in [0.25, 0.3) is 0 Å². The van der Waals surface area contributed by atoms with Gasteiger partial charge in [-0.15, -0.1) is 0 Å². The third-order valence-electron chi connectivity index (χ3n) is 2.25. The number of halogens is 1. The van der Waals surface area contributed by atoms with Gasteiger partial charge in [0, 0.05) is 17.0 Å². The second-order valence-electron chi connectivity index (χ2n) is 4.02. The van der Waals surface area contributed by atoms with Gasteiger partial charge in [0.15, 0.2) is 0 Å². The molecule has 1 atom stereocenters. The van der Waals surface area contributed by atoms with Crippen molar-refractivity contribution in [3.8, 4) is 0 Å². The topological polar surface area (TPSA) is 89.3 Å². The van der Waals surface area contributed by atoms with E-state index in [1.165, 1.54) is 0 Å². The standard InChI is InChI=1S/C11H15ClN2O3S/c1-18(16,17)7-6-10(13)11(15)14-9-4-2-8(12)3-5-9/h2-5,10H,6-7,13H2,1H3,(H,14,15). The van der Waals surface area contributed by atoms with Crippen LogP contribution in [0.3, 0.4) is 0 Å². The van der Waals surface area contributed by atoms with Gasteiger partial charge in [-0.2, -0.15) is 0 Å². The largest absolute Gasteiger partial charge is 0.325 e. The number of carbonyl (C=O) groups is 1. The molecule has 3 N–H and O–H groups in total. The van der Waals surface area contributed by atoms with Gasteiger partial charge in [-0.3, -0.25) is 4.79 Å². The van der Waals surface area contributed by atoms with Gasteiger partial charge < -0.3 is 11.1 Å². The number of amides is 1. The highest BCUT2D eigenvalue weighted by molar-refractivity contribution is 7.90. The Balaban J connectivity index is 2.52. The van der Waals surface area contributed by atoms with Crippen LogP contribution in [0.2, 0.25) is 5.02 Å². The average Bonchev–Trinajstić information content (AvgIpc) is 2.28. The molecule has 0 aliphatic heterocycles. The Morgan fingerprint density at radius 3 is 2.44 bits per heavy atom. The average molecular weight is 291 g/mol. The Hall–Kier alpha value is -1.11. The van der Waals surface area contributed by atoms with E-state index in [1.807, 2.05) is 0 Å². The van der Waals surface area contributed by atoms with E-state index in [9.17, 15) is 13.2 Å². The van der Waals surface area contributed by atoms with Crippen LogP contribution in [0.15, 0.2) is 24.3 Å². The fourth-order valence-electron chi connectivity index (χ4n) is 1.24. The summed E-state index contributed by atoms with van der Waals surface area (Å²) in [5.41, 5.74) is 6.17. The normalized spacial score (nSPS) is 13.1. The van der Waals surface area contributed by atoms with Gasteiger partial charge in [-0.1, -0.05) is 11.6 Å². The lowest BCUT2D eigenvalue weighted by Gasteiger charge is -2.11. The smallest absolute Gasteiger partial charge is 0.241 e. The van der Waals surface area contributed by atoms with Crippen LogP contribution in [0, 0.1) is 0 Å². The Bertz CT molecular complexity index is 514. The fourth-order valence-corrected chi connectivity index (χ4v) is 2.05. The van der Waals surface area contributed by atoms with Crippen LogP contribution >= 0.6 is 11.6 Å². The molecule has 0 spiro atoms. The van der Waals surface area contributed by atoms with Crippen molar-refractivity contribution in [2.75, 3.05) is 17.3 Å². The van der Waals surface area contributed by atoms with E-state index in [0.29, 0.717) is 10.7 Å². The van der Waals surface area contributed by atoms with E-state index in [0.717, 1.165) is 6.26 Å². The SMILES string of the molecule is CS(=O)(=O)CCC(N)C(=O)Nc1ccc(Cl)cc1. The minimum Gasteiger partial charge on any atom is -0.325 e. The number of nitrogens with two attached hydrogens (primary N) is 1. The Morgan fingerprint density at radius 1 is 1.39 bits per heavy atom. The summed E-state index contributed by atoms with van der Waals surface area (Å²) in [4.78, 5) is 11.7. The Kier molecular flexibility index (Phi) is 5.13. The molecule has 0 saturated heterocycles. The summed E-state index contributed by atoms with van der Waals surface area (Å²) in [6.07, 6.45) is 1.20. The van der Waals surface area contributed by atoms with Gasteiger partial charge in [0.25, 0.3) is 0 Å². The highest BCUT2D eigenvalue weighted by Gasteiger charge is 2.15. The molecule has 0 bridgehead atoms. The Labute approximate surface area is 111 Å². The molecule has 0 fully saturated rings. The van der Waals surface area contributed by atoms with Crippen LogP contribution in [-0.4, -0.2) is 32.4 Å². The van der Waals surface area contributed by atoms with Crippen LogP contribution in [0.5, 0.6) is 0 Å². The van der Waals surface area contributed by atoms with Crippen LogP contribution in [-0.2, 0) is 14.6 Å². The number of rotatable bonds is 5. The van der Waals surface area contributed by atoms with Crippen molar-refractivity contribution in [3.05, 3.63) is 29.3 Å². The highest BCUT2D eigenvalue weighted by atomic mass is 35.5. The molecule has 1 unspecified atom stereocenters. The number of benzene rings is 1. The van der Waals surface area contributed by atoms with Crippen molar-refractivity contribution < 1.29 is 13.2 Å². The molecule has 1 aromatic rings. The molecule has 18 heavy (non-hydrogen) atoms. The van der Waals surface area contributed by atoms with Gasteiger partial charge >= 0.3 is 0 Å². The van der Waals surface area contributed by atoms with E-state index in [1.54, 1.807) is 24.3 Å². The summed E-state index contributed by atoms with van der Waals surface area (Å²) in [7, 11) is -3.11. The molecule has 100 valence electrons. The van der Waals surface area contributed by atoms with Gasteiger partial charge in [-0.25, -0.2) is 8.42 Å². The lowest BCUT2D eigenvalue weighted by Crippen LogP contribution is -2.37. The lowest BCUT2D eigenvalue weighted by molar-refractivity contribution is -0.117. The first-order chi connectivity index (χ1) is 8.28. The van der Waals surface area contributed by atoms with Crippen molar-refractivity contribution >= 4 is 33.0 Å². The number of nitrogens with one attached hydrogen (secondary N) is 1. The van der Waals surface area contributed by atoms with Crippen molar-refractivity contribution in [2.45, 2.75) is 12.5 Å².